The van der Waals surface area contributed by atoms with Crippen molar-refractivity contribution in [3.8, 4) is 0 Å². The molecule has 2 rings (SSSR count). The summed E-state index contributed by atoms with van der Waals surface area (Å²) in [5, 5.41) is 60.9. The quantitative estimate of drug-likeness (QED) is 0.0506. The van der Waals surface area contributed by atoms with Crippen molar-refractivity contribution in [2.45, 2.75) is 172 Å². The van der Waals surface area contributed by atoms with Crippen LogP contribution < -0.4 is 0 Å². The van der Waals surface area contributed by atoms with Gasteiger partial charge in [0.2, 0.25) is 0 Å². The molecular formula is C34H58O15. The van der Waals surface area contributed by atoms with Gasteiger partial charge in [0.05, 0.1) is 12.7 Å². The molecule has 2 heterocycles. The van der Waals surface area contributed by atoms with Gasteiger partial charge in [-0.2, -0.15) is 0 Å². The Balaban J connectivity index is 1.88. The van der Waals surface area contributed by atoms with Gasteiger partial charge in [-0.05, 0) is 45.4 Å². The molecule has 0 aromatic carbocycles. The van der Waals surface area contributed by atoms with Gasteiger partial charge in [0, 0.05) is 20.3 Å². The summed E-state index contributed by atoms with van der Waals surface area (Å²) < 4.78 is 33.8. The molecule has 15 heteroatoms. The smallest absolute Gasteiger partial charge is 0.303 e. The highest BCUT2D eigenvalue weighted by atomic mass is 16.8. The third kappa shape index (κ3) is 15.7. The average molecular weight is 707 g/mol. The molecule has 0 radical (unpaired) electrons. The molecule has 2 aliphatic rings. The topological polar surface area (TPSA) is 228 Å². The van der Waals surface area contributed by atoms with Crippen molar-refractivity contribution in [2.75, 3.05) is 13.2 Å². The van der Waals surface area contributed by atoms with Gasteiger partial charge in [-0.1, -0.05) is 50.7 Å². The van der Waals surface area contributed by atoms with Gasteiger partial charge < -0.3 is 59.1 Å². The standard InChI is InChI=1S/C34H58O15/c1-21(17-15-13-11-9-7-5-4-6-8-10-12-14-16-18-26(38)39)45-34-32(31(46-23(3)37)28(41)24(19-35)47-34)49-33-30(43)29(42)27(40)25(48-33)20-44-22(2)36/h4-5,21,24-25,27-35,40-43H,6-20H2,1-3H3,(H,38,39)/b5-4-/t21?,24-,25-,27-,28-,29+,30-,31+,32-,33+,34-/m1/s1. The number of ether oxygens (including phenoxy) is 6. The van der Waals surface area contributed by atoms with Crippen molar-refractivity contribution >= 4 is 17.9 Å². The van der Waals surface area contributed by atoms with Crippen molar-refractivity contribution < 1.29 is 73.4 Å². The molecule has 0 saturated carbocycles. The number of carboxylic acid groups (broad SMARTS) is 1. The molecular weight excluding hydrogens is 648 g/mol. The number of aliphatic hydroxyl groups is 5. The van der Waals surface area contributed by atoms with Crippen molar-refractivity contribution in [1.29, 1.82) is 0 Å². The lowest BCUT2D eigenvalue weighted by molar-refractivity contribution is -0.371. The maximum atomic E-state index is 12.0. The second-order valence-electron chi connectivity index (χ2n) is 12.8. The zero-order valence-corrected chi connectivity index (χ0v) is 29.0. The molecule has 0 spiro atoms. The van der Waals surface area contributed by atoms with Crippen LogP contribution >= 0.6 is 0 Å². The van der Waals surface area contributed by atoms with E-state index < -0.39 is 98.6 Å². The molecule has 0 aromatic rings. The Labute approximate surface area is 288 Å². The van der Waals surface area contributed by atoms with E-state index in [-0.39, 0.29) is 6.42 Å². The van der Waals surface area contributed by atoms with Crippen LogP contribution in [0, 0.1) is 0 Å². The van der Waals surface area contributed by atoms with E-state index in [1.54, 1.807) is 0 Å². The lowest BCUT2D eigenvalue weighted by Crippen LogP contribution is -2.65. The Kier molecular flexibility index (Phi) is 20.4. The van der Waals surface area contributed by atoms with E-state index in [4.69, 9.17) is 33.5 Å². The molecule has 1 unspecified atom stereocenters. The second-order valence-corrected chi connectivity index (χ2v) is 12.8. The Bertz CT molecular complexity index is 993. The molecule has 49 heavy (non-hydrogen) atoms. The third-order valence-corrected chi connectivity index (χ3v) is 8.54. The number of rotatable bonds is 23. The minimum Gasteiger partial charge on any atom is -0.481 e. The van der Waals surface area contributed by atoms with Crippen LogP contribution in [-0.4, -0.2) is 129 Å². The summed E-state index contributed by atoms with van der Waals surface area (Å²) in [6.45, 7) is 3.02. The monoisotopic (exact) mass is 706 g/mol. The van der Waals surface area contributed by atoms with Gasteiger partial charge in [0.25, 0.3) is 0 Å². The van der Waals surface area contributed by atoms with Crippen LogP contribution in [0.4, 0.5) is 0 Å². The highest BCUT2D eigenvalue weighted by Gasteiger charge is 2.53. The number of unbranched alkanes of at least 4 members (excludes halogenated alkanes) is 9. The fourth-order valence-electron chi connectivity index (χ4n) is 5.79. The highest BCUT2D eigenvalue weighted by Crippen LogP contribution is 2.32. The number of carboxylic acids is 1. The van der Waals surface area contributed by atoms with Gasteiger partial charge in [-0.15, -0.1) is 0 Å². The molecule has 2 fully saturated rings. The summed E-state index contributed by atoms with van der Waals surface area (Å²) in [5.41, 5.74) is 0. The third-order valence-electron chi connectivity index (χ3n) is 8.54. The first kappa shape index (κ1) is 43.0. The molecule has 0 bridgehead atoms. The van der Waals surface area contributed by atoms with Crippen LogP contribution in [0.25, 0.3) is 0 Å². The van der Waals surface area contributed by atoms with E-state index in [1.807, 2.05) is 6.92 Å². The van der Waals surface area contributed by atoms with E-state index >= 15 is 0 Å². The number of esters is 2. The lowest BCUT2D eigenvalue weighted by Gasteiger charge is -2.47. The van der Waals surface area contributed by atoms with Gasteiger partial charge in [-0.25, -0.2) is 0 Å². The first-order chi connectivity index (χ1) is 23.3. The molecule has 2 aliphatic heterocycles. The van der Waals surface area contributed by atoms with Gasteiger partial charge in [-0.3, -0.25) is 14.4 Å². The van der Waals surface area contributed by atoms with E-state index in [1.165, 1.54) is 0 Å². The Hall–Kier alpha value is -2.21. The summed E-state index contributed by atoms with van der Waals surface area (Å²) in [4.78, 5) is 33.8. The highest BCUT2D eigenvalue weighted by molar-refractivity contribution is 5.66. The van der Waals surface area contributed by atoms with E-state index in [2.05, 4.69) is 12.2 Å². The first-order valence-electron chi connectivity index (χ1n) is 17.5. The second kappa shape index (κ2) is 23.3. The number of allylic oxidation sites excluding steroid dienone is 2. The Morgan fingerprint density at radius 3 is 1.90 bits per heavy atom. The van der Waals surface area contributed by atoms with Crippen LogP contribution in [0.15, 0.2) is 12.2 Å². The number of aliphatic hydroxyl groups excluding tert-OH is 5. The Morgan fingerprint density at radius 2 is 1.31 bits per heavy atom. The predicted molar refractivity (Wildman–Crippen MR) is 173 cm³/mol. The molecule has 284 valence electrons. The summed E-state index contributed by atoms with van der Waals surface area (Å²) in [6.07, 6.45) is 0.805. The van der Waals surface area contributed by atoms with Crippen LogP contribution in [0.3, 0.4) is 0 Å². The van der Waals surface area contributed by atoms with Crippen LogP contribution in [-0.2, 0) is 42.8 Å². The molecule has 15 nitrogen and oxygen atoms in total. The number of carbonyl (C=O) groups is 3. The predicted octanol–water partition coefficient (Wildman–Crippen LogP) is 1.87. The van der Waals surface area contributed by atoms with Crippen molar-refractivity contribution in [3.05, 3.63) is 12.2 Å². The molecule has 6 N–H and O–H groups in total. The SMILES string of the molecule is CC(=O)OC[C@H]1O[C@@H](O[C@H]2[C@H](OC(C)CCCCCC/C=C\CCCCCCCC(=O)O)O[C@H](CO)[C@@H](O)[C@@H]2OC(C)=O)[C@H](O)[C@@H](O)[C@@H]1O. The molecule has 0 amide bonds. The van der Waals surface area contributed by atoms with Crippen LogP contribution in [0.1, 0.15) is 104 Å². The zero-order chi connectivity index (χ0) is 36.3. The number of hydrogen-bond donors (Lipinski definition) is 6. The molecule has 0 aromatic heterocycles. The van der Waals surface area contributed by atoms with Crippen LogP contribution in [0.5, 0.6) is 0 Å². The summed E-state index contributed by atoms with van der Waals surface area (Å²) in [6, 6.07) is 0. The fourth-order valence-corrected chi connectivity index (χ4v) is 5.79. The minimum absolute atomic E-state index is 0.244. The normalized spacial score (nSPS) is 31.0. The summed E-state index contributed by atoms with van der Waals surface area (Å²) in [5.74, 6) is -2.16. The number of aliphatic carboxylic acids is 1. The van der Waals surface area contributed by atoms with Crippen molar-refractivity contribution in [1.82, 2.24) is 0 Å². The summed E-state index contributed by atoms with van der Waals surface area (Å²) >= 11 is 0. The van der Waals surface area contributed by atoms with Gasteiger partial charge in [0.15, 0.2) is 24.8 Å². The van der Waals surface area contributed by atoms with Crippen LogP contribution in [0.2, 0.25) is 0 Å². The van der Waals surface area contributed by atoms with E-state index in [0.29, 0.717) is 6.42 Å². The fraction of sp³-hybridized carbons (Fsp3) is 0.853. The van der Waals surface area contributed by atoms with Crippen molar-refractivity contribution in [3.63, 3.8) is 0 Å². The molecule has 0 aliphatic carbocycles. The van der Waals surface area contributed by atoms with Gasteiger partial charge >= 0.3 is 17.9 Å². The lowest BCUT2D eigenvalue weighted by atomic mass is 9.97. The zero-order valence-electron chi connectivity index (χ0n) is 29.0. The molecule has 2 saturated heterocycles. The van der Waals surface area contributed by atoms with Crippen molar-refractivity contribution in [2.24, 2.45) is 0 Å². The van der Waals surface area contributed by atoms with E-state index in [9.17, 15) is 39.9 Å². The minimum atomic E-state index is -1.79. The Morgan fingerprint density at radius 1 is 0.714 bits per heavy atom. The van der Waals surface area contributed by atoms with Gasteiger partial charge in [0.1, 0.15) is 43.2 Å². The maximum Gasteiger partial charge on any atom is 0.303 e. The number of carbonyl (C=O) groups excluding carboxylic acids is 2. The number of hydrogen-bond acceptors (Lipinski definition) is 14. The summed E-state index contributed by atoms with van der Waals surface area (Å²) in [7, 11) is 0. The maximum absolute atomic E-state index is 12.0. The largest absolute Gasteiger partial charge is 0.481 e. The van der Waals surface area contributed by atoms with E-state index in [0.717, 1.165) is 84.5 Å². The molecule has 11 atom stereocenters. The first-order valence-corrected chi connectivity index (χ1v) is 17.5. The average Bonchev–Trinajstić information content (AvgIpc) is 3.04.